The Kier molecular flexibility index (Phi) is 3.10. The molecule has 1 unspecified atom stereocenters. The fourth-order valence-electron chi connectivity index (χ4n) is 2.54. The Balaban J connectivity index is 2.15. The number of imidazole rings is 1. The van der Waals surface area contributed by atoms with Gasteiger partial charge in [-0.15, -0.1) is 0 Å². The van der Waals surface area contributed by atoms with E-state index in [1.54, 1.807) is 12.4 Å². The van der Waals surface area contributed by atoms with Crippen molar-refractivity contribution in [1.29, 1.82) is 0 Å². The van der Waals surface area contributed by atoms with E-state index in [4.69, 9.17) is 0 Å². The molecular formula is C13H12BrN3O2. The van der Waals surface area contributed by atoms with Crippen molar-refractivity contribution in [2.24, 2.45) is 0 Å². The summed E-state index contributed by atoms with van der Waals surface area (Å²) in [7, 11) is 0. The Hall–Kier alpha value is -1.69. The Morgan fingerprint density at radius 3 is 3.05 bits per heavy atom. The number of hydrogen-bond acceptors (Lipinski definition) is 3. The number of carboxylic acids is 1. The summed E-state index contributed by atoms with van der Waals surface area (Å²) in [5, 5.41) is 9.31. The Morgan fingerprint density at radius 1 is 1.53 bits per heavy atom. The fraction of sp³-hybridized carbons (Fsp3) is 0.308. The van der Waals surface area contributed by atoms with Crippen molar-refractivity contribution in [1.82, 2.24) is 14.5 Å². The summed E-state index contributed by atoms with van der Waals surface area (Å²) in [6.45, 7) is 0.794. The van der Waals surface area contributed by atoms with Gasteiger partial charge in [-0.25, -0.2) is 4.98 Å². The normalized spacial score (nSPS) is 18.1. The molecule has 0 radical (unpaired) electrons. The average molecular weight is 322 g/mol. The van der Waals surface area contributed by atoms with E-state index in [1.165, 1.54) is 0 Å². The van der Waals surface area contributed by atoms with Crippen LogP contribution >= 0.6 is 15.9 Å². The highest BCUT2D eigenvalue weighted by atomic mass is 79.9. The van der Waals surface area contributed by atoms with Crippen LogP contribution in [-0.2, 0) is 11.3 Å². The first-order valence-electron chi connectivity index (χ1n) is 6.07. The summed E-state index contributed by atoms with van der Waals surface area (Å²) in [6, 6.07) is 3.78. The van der Waals surface area contributed by atoms with Gasteiger partial charge in [-0.1, -0.05) is 0 Å². The minimum absolute atomic E-state index is 0.485. The van der Waals surface area contributed by atoms with Gasteiger partial charge in [0, 0.05) is 24.5 Å². The van der Waals surface area contributed by atoms with E-state index in [0.717, 1.165) is 30.0 Å². The molecule has 0 saturated heterocycles. The van der Waals surface area contributed by atoms with Gasteiger partial charge in [0.2, 0.25) is 0 Å². The zero-order valence-corrected chi connectivity index (χ0v) is 11.7. The molecule has 1 aliphatic rings. The van der Waals surface area contributed by atoms with Crippen molar-refractivity contribution < 1.29 is 9.90 Å². The number of nitrogens with zero attached hydrogens (tertiary/aromatic N) is 3. The van der Waals surface area contributed by atoms with Crippen molar-refractivity contribution in [3.8, 4) is 11.4 Å². The summed E-state index contributed by atoms with van der Waals surface area (Å²) in [5.41, 5.74) is 1.66. The minimum atomic E-state index is -0.792. The maximum Gasteiger partial charge on any atom is 0.312 e. The van der Waals surface area contributed by atoms with Crippen molar-refractivity contribution >= 4 is 21.9 Å². The zero-order chi connectivity index (χ0) is 13.4. The fourth-order valence-corrected chi connectivity index (χ4v) is 3.20. The maximum absolute atomic E-state index is 11.3. The highest BCUT2D eigenvalue weighted by molar-refractivity contribution is 9.10. The van der Waals surface area contributed by atoms with Gasteiger partial charge >= 0.3 is 5.97 Å². The van der Waals surface area contributed by atoms with E-state index in [1.807, 2.05) is 16.7 Å². The van der Waals surface area contributed by atoms with Gasteiger partial charge in [-0.2, -0.15) is 0 Å². The van der Waals surface area contributed by atoms with Crippen LogP contribution in [0.4, 0.5) is 0 Å². The van der Waals surface area contributed by atoms with Crippen LogP contribution in [0.2, 0.25) is 0 Å². The minimum Gasteiger partial charge on any atom is -0.481 e. The monoisotopic (exact) mass is 321 g/mol. The summed E-state index contributed by atoms with van der Waals surface area (Å²) < 4.78 is 2.61. The molecule has 0 amide bonds. The second kappa shape index (κ2) is 4.77. The lowest BCUT2D eigenvalue weighted by Gasteiger charge is -2.22. The van der Waals surface area contributed by atoms with Crippen LogP contribution < -0.4 is 0 Å². The van der Waals surface area contributed by atoms with Crippen molar-refractivity contribution in [3.05, 3.63) is 34.8 Å². The SMILES string of the molecule is O=C(O)C1CCCn2c(-c3cccnc3)nc(Br)c21. The van der Waals surface area contributed by atoms with Gasteiger partial charge < -0.3 is 9.67 Å². The van der Waals surface area contributed by atoms with Gasteiger partial charge in [0.05, 0.1) is 11.6 Å². The van der Waals surface area contributed by atoms with Gasteiger partial charge in [-0.3, -0.25) is 9.78 Å². The molecule has 6 heteroatoms. The highest BCUT2D eigenvalue weighted by Crippen LogP contribution is 2.36. The highest BCUT2D eigenvalue weighted by Gasteiger charge is 2.32. The van der Waals surface area contributed by atoms with Crippen molar-refractivity contribution in [3.63, 3.8) is 0 Å². The third-order valence-corrected chi connectivity index (χ3v) is 3.97. The maximum atomic E-state index is 11.3. The van der Waals surface area contributed by atoms with Crippen LogP contribution in [0.25, 0.3) is 11.4 Å². The Bertz CT molecular complexity index is 624. The molecule has 5 nitrogen and oxygen atoms in total. The number of rotatable bonds is 2. The molecule has 0 bridgehead atoms. The largest absolute Gasteiger partial charge is 0.481 e. The summed E-state index contributed by atoms with van der Waals surface area (Å²) in [6.07, 6.45) is 4.96. The van der Waals surface area contributed by atoms with Crippen molar-refractivity contribution in [2.75, 3.05) is 0 Å². The molecule has 19 heavy (non-hydrogen) atoms. The lowest BCUT2D eigenvalue weighted by atomic mass is 9.96. The number of hydrogen-bond donors (Lipinski definition) is 1. The molecule has 0 spiro atoms. The van der Waals surface area contributed by atoms with Crippen LogP contribution in [0.3, 0.4) is 0 Å². The number of fused-ring (bicyclic) bond motifs is 1. The zero-order valence-electron chi connectivity index (χ0n) is 10.1. The molecule has 0 aromatic carbocycles. The number of carboxylic acid groups (broad SMARTS) is 1. The topological polar surface area (TPSA) is 68.0 Å². The van der Waals surface area contributed by atoms with E-state index < -0.39 is 11.9 Å². The van der Waals surface area contributed by atoms with E-state index in [2.05, 4.69) is 25.9 Å². The predicted molar refractivity (Wildman–Crippen MR) is 72.8 cm³/mol. The number of aromatic nitrogens is 3. The number of halogens is 1. The van der Waals surface area contributed by atoms with E-state index in [-0.39, 0.29) is 0 Å². The lowest BCUT2D eigenvalue weighted by molar-refractivity contribution is -0.139. The molecule has 98 valence electrons. The van der Waals surface area contributed by atoms with E-state index >= 15 is 0 Å². The van der Waals surface area contributed by atoms with Gasteiger partial charge in [-0.05, 0) is 40.9 Å². The Labute approximate surface area is 118 Å². The first-order valence-corrected chi connectivity index (χ1v) is 6.87. The molecule has 2 aromatic heterocycles. The molecule has 1 aliphatic heterocycles. The number of carbonyl (C=O) groups is 1. The molecule has 2 aromatic rings. The van der Waals surface area contributed by atoms with E-state index in [9.17, 15) is 9.90 Å². The first kappa shape index (κ1) is 12.3. The smallest absolute Gasteiger partial charge is 0.312 e. The summed E-state index contributed by atoms with van der Waals surface area (Å²) in [4.78, 5) is 19.9. The van der Waals surface area contributed by atoms with Crippen LogP contribution in [0.15, 0.2) is 29.1 Å². The molecule has 0 fully saturated rings. The molecule has 0 saturated carbocycles. The molecule has 3 heterocycles. The average Bonchev–Trinajstić information content (AvgIpc) is 2.77. The lowest BCUT2D eigenvalue weighted by Crippen LogP contribution is -2.22. The second-order valence-electron chi connectivity index (χ2n) is 4.54. The standard InChI is InChI=1S/C13H12BrN3O2/c14-11-10-9(13(18)19)4-2-6-17(10)12(16-11)8-3-1-5-15-7-8/h1,3,5,7,9H,2,4,6H2,(H,18,19). The number of pyridine rings is 1. The summed E-state index contributed by atoms with van der Waals surface area (Å²) >= 11 is 3.39. The quantitative estimate of drug-likeness (QED) is 0.923. The number of aliphatic carboxylic acids is 1. The summed E-state index contributed by atoms with van der Waals surface area (Å²) in [5.74, 6) is -0.499. The van der Waals surface area contributed by atoms with Gasteiger partial charge in [0.1, 0.15) is 10.4 Å². The van der Waals surface area contributed by atoms with Gasteiger partial charge in [0.25, 0.3) is 0 Å². The molecule has 1 atom stereocenters. The first-order chi connectivity index (χ1) is 9.18. The van der Waals surface area contributed by atoms with Crippen molar-refractivity contribution in [2.45, 2.75) is 25.3 Å². The van der Waals surface area contributed by atoms with Crippen LogP contribution in [-0.4, -0.2) is 25.6 Å². The third-order valence-electron chi connectivity index (χ3n) is 3.38. The molecule has 0 aliphatic carbocycles. The molecular weight excluding hydrogens is 310 g/mol. The third kappa shape index (κ3) is 2.06. The molecule has 3 rings (SSSR count). The van der Waals surface area contributed by atoms with Gasteiger partial charge in [0.15, 0.2) is 0 Å². The second-order valence-corrected chi connectivity index (χ2v) is 5.29. The van der Waals surface area contributed by atoms with E-state index in [0.29, 0.717) is 11.0 Å². The van der Waals surface area contributed by atoms with Crippen LogP contribution in [0.5, 0.6) is 0 Å². The van der Waals surface area contributed by atoms with Crippen LogP contribution in [0, 0.1) is 0 Å². The van der Waals surface area contributed by atoms with Crippen LogP contribution in [0.1, 0.15) is 24.5 Å². The Morgan fingerprint density at radius 2 is 2.37 bits per heavy atom. The predicted octanol–water partition coefficient (Wildman–Crippen LogP) is 2.67. The molecule has 1 N–H and O–H groups in total.